The first-order chi connectivity index (χ1) is 11.1. The predicted octanol–water partition coefficient (Wildman–Crippen LogP) is 2.63. The number of hydrogen-bond acceptors (Lipinski definition) is 4. The molecule has 2 aliphatic rings. The van der Waals surface area contributed by atoms with Crippen LogP contribution in [0.1, 0.15) is 38.2 Å². The Hall–Kier alpha value is -1.75. The zero-order chi connectivity index (χ0) is 16.2. The van der Waals surface area contributed by atoms with Gasteiger partial charge in [0.05, 0.1) is 11.8 Å². The summed E-state index contributed by atoms with van der Waals surface area (Å²) in [7, 11) is 0. The molecule has 2 fully saturated rings. The molecule has 5 nitrogen and oxygen atoms in total. The first-order valence-electron chi connectivity index (χ1n) is 8.51. The van der Waals surface area contributed by atoms with Gasteiger partial charge in [-0.05, 0) is 50.8 Å². The summed E-state index contributed by atoms with van der Waals surface area (Å²) in [5.74, 6) is 1.03. The summed E-state index contributed by atoms with van der Waals surface area (Å²) in [5, 5.41) is 6.43. The van der Waals surface area contributed by atoms with Crippen LogP contribution in [0.5, 0.6) is 5.75 Å². The van der Waals surface area contributed by atoms with E-state index < -0.39 is 0 Å². The minimum absolute atomic E-state index is 0.151. The van der Waals surface area contributed by atoms with E-state index in [2.05, 4.69) is 42.7 Å². The second-order valence-corrected chi connectivity index (χ2v) is 6.70. The van der Waals surface area contributed by atoms with Crippen molar-refractivity contribution in [3.63, 3.8) is 0 Å². The first kappa shape index (κ1) is 16.1. The fourth-order valence-electron chi connectivity index (χ4n) is 3.15. The minimum Gasteiger partial charge on any atom is -0.489 e. The van der Waals surface area contributed by atoms with E-state index >= 15 is 0 Å². The van der Waals surface area contributed by atoms with Crippen molar-refractivity contribution in [3.05, 3.63) is 23.8 Å². The second kappa shape index (κ2) is 7.21. The van der Waals surface area contributed by atoms with Crippen molar-refractivity contribution in [1.82, 2.24) is 5.32 Å². The molecule has 1 amide bonds. The molecule has 126 valence electrons. The lowest BCUT2D eigenvalue weighted by Crippen LogP contribution is -2.50. The molecule has 1 aromatic carbocycles. The van der Waals surface area contributed by atoms with Crippen LogP contribution in [0.2, 0.25) is 0 Å². The molecule has 2 heterocycles. The normalized spacial score (nSPS) is 24.7. The average Bonchev–Trinajstić information content (AvgIpc) is 2.99. The summed E-state index contributed by atoms with van der Waals surface area (Å²) in [6.07, 6.45) is 3.97. The van der Waals surface area contributed by atoms with Gasteiger partial charge in [0.25, 0.3) is 0 Å². The Labute approximate surface area is 137 Å². The van der Waals surface area contributed by atoms with E-state index in [1.807, 2.05) is 0 Å². The van der Waals surface area contributed by atoms with Crippen molar-refractivity contribution in [1.29, 1.82) is 0 Å². The lowest BCUT2D eigenvalue weighted by molar-refractivity contribution is -0.128. The van der Waals surface area contributed by atoms with Crippen LogP contribution in [0.4, 0.5) is 5.69 Å². The molecule has 5 heteroatoms. The highest BCUT2D eigenvalue weighted by molar-refractivity contribution is 5.82. The highest BCUT2D eigenvalue weighted by Gasteiger charge is 2.26. The Balaban J connectivity index is 1.57. The third-order valence-electron chi connectivity index (χ3n) is 4.42. The van der Waals surface area contributed by atoms with Gasteiger partial charge in [-0.2, -0.15) is 0 Å². The first-order valence-corrected chi connectivity index (χ1v) is 8.51. The average molecular weight is 318 g/mol. The topological polar surface area (TPSA) is 59.6 Å². The summed E-state index contributed by atoms with van der Waals surface area (Å²) >= 11 is 0. The number of hydrogen-bond donors (Lipinski definition) is 2. The smallest absolute Gasteiger partial charge is 0.222 e. The Morgan fingerprint density at radius 1 is 1.48 bits per heavy atom. The number of benzene rings is 1. The van der Waals surface area contributed by atoms with Crippen molar-refractivity contribution in [2.75, 3.05) is 18.5 Å². The quantitative estimate of drug-likeness (QED) is 0.759. The Morgan fingerprint density at radius 2 is 2.30 bits per heavy atom. The molecule has 2 saturated heterocycles. The van der Waals surface area contributed by atoms with E-state index in [-0.39, 0.29) is 18.1 Å². The molecular formula is C18H26N2O3. The van der Waals surface area contributed by atoms with Crippen LogP contribution in [0.15, 0.2) is 18.2 Å². The maximum absolute atomic E-state index is 11.0. The molecule has 0 bridgehead atoms. The Kier molecular flexibility index (Phi) is 5.06. The molecule has 0 radical (unpaired) electrons. The van der Waals surface area contributed by atoms with Gasteiger partial charge in [0.2, 0.25) is 5.91 Å². The monoisotopic (exact) mass is 318 g/mol. The van der Waals surface area contributed by atoms with E-state index in [4.69, 9.17) is 9.47 Å². The second-order valence-electron chi connectivity index (χ2n) is 6.70. The molecule has 3 rings (SSSR count). The number of ether oxygens (including phenoxy) is 2. The van der Waals surface area contributed by atoms with Crippen molar-refractivity contribution in [2.45, 2.75) is 57.7 Å². The Morgan fingerprint density at radius 3 is 3.00 bits per heavy atom. The molecule has 0 aliphatic carbocycles. The van der Waals surface area contributed by atoms with Crippen molar-refractivity contribution < 1.29 is 14.3 Å². The summed E-state index contributed by atoms with van der Waals surface area (Å²) in [5.41, 5.74) is 2.18. The van der Waals surface area contributed by atoms with Gasteiger partial charge in [-0.3, -0.25) is 4.79 Å². The molecular weight excluding hydrogens is 292 g/mol. The van der Waals surface area contributed by atoms with Gasteiger partial charge in [-0.25, -0.2) is 0 Å². The maximum atomic E-state index is 11.0. The van der Waals surface area contributed by atoms with Crippen LogP contribution in [0.3, 0.4) is 0 Å². The number of carbonyl (C=O) groups is 1. The number of β-lactam (4-membered cyclic amide) rings is 1. The molecule has 3 unspecified atom stereocenters. The summed E-state index contributed by atoms with van der Waals surface area (Å²) < 4.78 is 11.6. The standard InChI is InChI=1S/C18H26N2O3/c1-12-5-6-16(19-13(2)9-14-10-18(21)20-14)17(8-12)23-11-15-4-3-7-22-15/h5-6,8,13-15,19H,3-4,7,9-11H2,1-2H3,(H,20,21). The lowest BCUT2D eigenvalue weighted by Gasteiger charge is -2.30. The SMILES string of the molecule is Cc1ccc(NC(C)CC2CC(=O)N2)c(OCC2CCCO2)c1. The number of carbonyl (C=O) groups excluding carboxylic acids is 1. The largest absolute Gasteiger partial charge is 0.489 e. The van der Waals surface area contributed by atoms with E-state index in [0.717, 1.165) is 37.3 Å². The van der Waals surface area contributed by atoms with Crippen molar-refractivity contribution in [3.8, 4) is 5.75 Å². The third kappa shape index (κ3) is 4.38. The lowest BCUT2D eigenvalue weighted by atomic mass is 9.98. The maximum Gasteiger partial charge on any atom is 0.222 e. The molecule has 0 aromatic heterocycles. The van der Waals surface area contributed by atoms with Gasteiger partial charge in [-0.15, -0.1) is 0 Å². The number of nitrogens with one attached hydrogen (secondary N) is 2. The van der Waals surface area contributed by atoms with E-state index in [0.29, 0.717) is 19.1 Å². The molecule has 3 atom stereocenters. The van der Waals surface area contributed by atoms with Gasteiger partial charge in [0.1, 0.15) is 12.4 Å². The number of amides is 1. The zero-order valence-electron chi connectivity index (χ0n) is 13.9. The van der Waals surface area contributed by atoms with Gasteiger partial charge >= 0.3 is 0 Å². The van der Waals surface area contributed by atoms with Crippen molar-refractivity contribution >= 4 is 11.6 Å². The van der Waals surface area contributed by atoms with Gasteiger partial charge < -0.3 is 20.1 Å². The summed E-state index contributed by atoms with van der Waals surface area (Å²) in [4.78, 5) is 11.0. The van der Waals surface area contributed by atoms with Crippen LogP contribution >= 0.6 is 0 Å². The van der Waals surface area contributed by atoms with Gasteiger partial charge in [0.15, 0.2) is 0 Å². The summed E-state index contributed by atoms with van der Waals surface area (Å²) in [6.45, 7) is 5.65. The molecule has 1 aromatic rings. The predicted molar refractivity (Wildman–Crippen MR) is 89.9 cm³/mol. The van der Waals surface area contributed by atoms with Crippen LogP contribution in [0, 0.1) is 6.92 Å². The molecule has 0 spiro atoms. The molecule has 0 saturated carbocycles. The molecule has 23 heavy (non-hydrogen) atoms. The fraction of sp³-hybridized carbons (Fsp3) is 0.611. The number of anilines is 1. The highest BCUT2D eigenvalue weighted by Crippen LogP contribution is 2.28. The number of aryl methyl sites for hydroxylation is 1. The number of rotatable bonds is 7. The van der Waals surface area contributed by atoms with Crippen LogP contribution in [-0.2, 0) is 9.53 Å². The molecule has 2 N–H and O–H groups in total. The van der Waals surface area contributed by atoms with E-state index in [9.17, 15) is 4.79 Å². The summed E-state index contributed by atoms with van der Waals surface area (Å²) in [6, 6.07) is 6.78. The fourth-order valence-corrected chi connectivity index (χ4v) is 3.15. The third-order valence-corrected chi connectivity index (χ3v) is 4.42. The van der Waals surface area contributed by atoms with E-state index in [1.165, 1.54) is 5.56 Å². The highest BCUT2D eigenvalue weighted by atomic mass is 16.5. The van der Waals surface area contributed by atoms with Crippen molar-refractivity contribution in [2.24, 2.45) is 0 Å². The Bertz CT molecular complexity index is 547. The van der Waals surface area contributed by atoms with Gasteiger partial charge in [-0.1, -0.05) is 6.07 Å². The van der Waals surface area contributed by atoms with Crippen LogP contribution < -0.4 is 15.4 Å². The molecule has 2 aliphatic heterocycles. The zero-order valence-corrected chi connectivity index (χ0v) is 13.9. The van der Waals surface area contributed by atoms with Gasteiger partial charge in [0, 0.05) is 25.1 Å². The van der Waals surface area contributed by atoms with E-state index in [1.54, 1.807) is 0 Å². The van der Waals surface area contributed by atoms with Crippen LogP contribution in [-0.4, -0.2) is 37.3 Å². The minimum atomic E-state index is 0.151. The van der Waals surface area contributed by atoms with Crippen LogP contribution in [0.25, 0.3) is 0 Å².